The lowest BCUT2D eigenvalue weighted by Gasteiger charge is -2.25. The Labute approximate surface area is 728 Å². The summed E-state index contributed by atoms with van der Waals surface area (Å²) in [6.07, 6.45) is -4.27. The molecule has 666 valence electrons. The normalized spacial score (nSPS) is 27.6. The maximum atomic E-state index is 12.0. The lowest BCUT2D eigenvalue weighted by Crippen LogP contribution is -2.33. The molecule has 1 unspecified atom stereocenters. The fourth-order valence-corrected chi connectivity index (χ4v) is 17.5. The van der Waals surface area contributed by atoms with E-state index in [1.807, 2.05) is 146 Å². The highest BCUT2D eigenvalue weighted by Gasteiger charge is 2.59. The lowest BCUT2D eigenvalue weighted by atomic mass is 10.1. The van der Waals surface area contributed by atoms with Crippen LogP contribution in [0.5, 0.6) is 0 Å². The second kappa shape index (κ2) is 37.4. The van der Waals surface area contributed by atoms with Gasteiger partial charge in [-0.25, -0.2) is 34.9 Å². The number of hydrogen-bond donors (Lipinski definition) is 10. The van der Waals surface area contributed by atoms with Crippen LogP contribution in [0.4, 0.5) is 17.5 Å². The molecule has 3 aromatic carbocycles. The molecule has 47 heteroatoms. The second-order valence-corrected chi connectivity index (χ2v) is 36.1. The van der Waals surface area contributed by atoms with Crippen molar-refractivity contribution in [3.05, 3.63) is 160 Å². The van der Waals surface area contributed by atoms with Gasteiger partial charge in [0.1, 0.15) is 97.8 Å². The minimum absolute atomic E-state index is 0.00430. The van der Waals surface area contributed by atoms with E-state index in [0.29, 0.717) is 56.5 Å². The second-order valence-electron chi connectivity index (χ2n) is 31.3. The van der Waals surface area contributed by atoms with Crippen molar-refractivity contribution in [1.82, 2.24) is 78.1 Å². The Morgan fingerprint density at radius 2 is 0.790 bits per heavy atom. The minimum Gasteiger partial charge on any atom is -0.394 e. The number of nitrogens with one attached hydrogen (secondary N) is 3. The smallest absolute Gasteiger partial charge is 0.353 e. The highest BCUT2D eigenvalue weighted by molar-refractivity contribution is 7.52. The minimum atomic E-state index is -4.37. The van der Waals surface area contributed by atoms with Crippen LogP contribution in [-0.4, -0.2) is 250 Å². The molecule has 18 rings (SSSR count). The molecule has 7 saturated heterocycles. The molecule has 7 aliphatic rings. The van der Waals surface area contributed by atoms with Crippen LogP contribution in [0.3, 0.4) is 0 Å². The molecule has 0 aliphatic carbocycles. The molecule has 11 aromatic rings. The van der Waals surface area contributed by atoms with E-state index in [0.717, 1.165) is 16.7 Å². The SMILES string of the molecule is CC1(C)O[C@@H]2[C@H](O1)[C@@H](CO)O[C@H]2n1cnc2c(Cl)nc(Cl)nc21.CCOP(=O)(O)COC[C@H]1O[C@@H](n2cnc3c(N[C@@H](C)c4ccccc4)ncnc32)[C@@H]2OC(C)(C)O[C@@H]21.C[C@H](Nc1nc(Cl)nc2c1ncn2[C@@H]1O[C@H](CO)[C@H]2OC(C)(C)O[C@H]21)c1ccccc1.C[C@H](Nc1nc(Cl)nc2c1ncn2[C@@H]1O[C@H](COCP(=O)(O)O)[C@@H](O)[C@H]1O)c1ccccc1. The first kappa shape index (κ1) is 90.9. The van der Waals surface area contributed by atoms with Crippen molar-refractivity contribution in [2.45, 2.75) is 203 Å². The van der Waals surface area contributed by atoms with Crippen LogP contribution in [0.25, 0.3) is 44.7 Å². The number of hydrogen-bond acceptors (Lipinski definition) is 34. The molecule has 8 aromatic heterocycles. The monoisotopic (exact) mass is 1840 g/mol. The third kappa shape index (κ3) is 20.0. The molecule has 0 spiro atoms. The van der Waals surface area contributed by atoms with Crippen LogP contribution in [-0.2, 0) is 70.5 Å². The van der Waals surface area contributed by atoms with Crippen molar-refractivity contribution < 1.29 is 106 Å². The Balaban J connectivity index is 0.000000129. The number of benzene rings is 3. The van der Waals surface area contributed by atoms with Gasteiger partial charge in [0.2, 0.25) is 15.9 Å². The van der Waals surface area contributed by atoms with Gasteiger partial charge in [-0.3, -0.25) is 27.4 Å². The first-order chi connectivity index (χ1) is 59.1. The van der Waals surface area contributed by atoms with Gasteiger partial charge in [0.25, 0.3) is 0 Å². The summed E-state index contributed by atoms with van der Waals surface area (Å²) in [6.45, 7) is 18.1. The van der Waals surface area contributed by atoms with E-state index in [1.165, 1.54) is 23.5 Å². The molecule has 10 N–H and O–H groups in total. The van der Waals surface area contributed by atoms with E-state index in [9.17, 15) is 34.4 Å². The highest BCUT2D eigenvalue weighted by Crippen LogP contribution is 2.49. The third-order valence-electron chi connectivity index (χ3n) is 21.0. The van der Waals surface area contributed by atoms with Crippen LogP contribution < -0.4 is 16.0 Å². The van der Waals surface area contributed by atoms with Crippen molar-refractivity contribution >= 4 is 124 Å². The Hall–Kier alpha value is -7.92. The van der Waals surface area contributed by atoms with Gasteiger partial charge >= 0.3 is 15.2 Å². The average Bonchev–Trinajstić information content (AvgIpc) is 1.57. The predicted octanol–water partition coefficient (Wildman–Crippen LogP) is 9.64. The molecule has 124 heavy (non-hydrogen) atoms. The number of rotatable bonds is 25. The fraction of sp³-hybridized carbons (Fsp3) is 0.506. The van der Waals surface area contributed by atoms with Crippen molar-refractivity contribution in [2.75, 3.05) is 61.7 Å². The van der Waals surface area contributed by atoms with Gasteiger partial charge in [-0.2, -0.15) is 24.9 Å². The van der Waals surface area contributed by atoms with Crippen LogP contribution in [0, 0.1) is 0 Å². The van der Waals surface area contributed by atoms with Crippen LogP contribution in [0.1, 0.15) is 129 Å². The molecule has 41 nitrogen and oxygen atoms in total. The van der Waals surface area contributed by atoms with Gasteiger partial charge in [-0.1, -0.05) is 103 Å². The molecule has 7 aliphatic heterocycles. The summed E-state index contributed by atoms with van der Waals surface area (Å²) in [6, 6.07) is 29.7. The maximum Gasteiger partial charge on any atom is 0.353 e. The van der Waals surface area contributed by atoms with Crippen molar-refractivity contribution in [3.8, 4) is 0 Å². The average molecular weight is 1840 g/mol. The zero-order valence-electron chi connectivity index (χ0n) is 68.3. The maximum absolute atomic E-state index is 12.0. The van der Waals surface area contributed by atoms with Gasteiger partial charge in [0, 0.05) is 0 Å². The Bertz CT molecular complexity index is 5640. The van der Waals surface area contributed by atoms with Gasteiger partial charge in [0.05, 0.1) is 76.5 Å². The lowest BCUT2D eigenvalue weighted by molar-refractivity contribution is -0.201. The zero-order chi connectivity index (χ0) is 88.1. The molecule has 7 fully saturated rings. The van der Waals surface area contributed by atoms with Crippen molar-refractivity contribution in [1.29, 1.82) is 0 Å². The summed E-state index contributed by atoms with van der Waals surface area (Å²) in [7, 11) is -8.20. The molecule has 15 heterocycles. The number of halogens is 4. The number of anilines is 3. The number of aliphatic hydroxyl groups is 4. The first-order valence-corrected chi connectivity index (χ1v) is 44.5. The summed E-state index contributed by atoms with van der Waals surface area (Å²) in [4.78, 5) is 79.4. The number of aliphatic hydroxyl groups excluding tert-OH is 4. The van der Waals surface area contributed by atoms with E-state index < -0.39 is 137 Å². The topological polar surface area (TPSA) is 506 Å². The van der Waals surface area contributed by atoms with E-state index in [1.54, 1.807) is 33.3 Å². The van der Waals surface area contributed by atoms with Crippen molar-refractivity contribution in [2.24, 2.45) is 0 Å². The van der Waals surface area contributed by atoms with E-state index in [2.05, 4.69) is 82.7 Å². The Morgan fingerprint density at radius 3 is 1.23 bits per heavy atom. The van der Waals surface area contributed by atoms with Gasteiger partial charge in [-0.15, -0.1) is 0 Å². The standard InChI is InChI=1S/C24H32N5O7P.C21H24ClN5O4.C19H23ClN5O7P.C13H14Cl2N4O4/c1-5-33-37(30,31)14-32-11-17-19-20(36-24(3,4)35-19)23(34-17)29-13-27-18-21(25-12-26-22(18)29)28-15(2)16-9-7-6-8-10-16;1-11(12-7-5-4-6-8-12)24-17-14-18(26-20(22)25-17)27(10-23-14)19-16-15(13(9-28)29-19)30-21(2,3)31-16;1-10(11-5-3-2-4-6-11)22-16-13-17(24-19(20)23-16)25(8-21-13)18-15(27)14(26)12(32-18)7-31-9-33(28,29)30;1-13(2)22-7-5(3-20)21-11(8(7)23-13)19-4-16-6-9(14)17-12(15)18-10(6)19/h6-10,12-13,15,17,19-20,23H,5,11,14H2,1-4H3,(H,30,31)(H,25,26,28);4-8,10-11,13,15-16,19,28H,9H2,1-3H3,(H,24,25,26);2-6,8,10,12,14-15,18,26-27H,7,9H2,1H3,(H,22,23,24)(H2,28,29,30);4-5,7-8,11,20H,3H2,1-2H3/t15-,17+,19+,20+,23+;11-,13+,15+,16+,19+;10-,12+,14+,15+,18+;5-,7-,8-,11-/m0001/s1. The van der Waals surface area contributed by atoms with Crippen molar-refractivity contribution in [3.63, 3.8) is 0 Å². The molecule has 20 atom stereocenters. The summed E-state index contributed by atoms with van der Waals surface area (Å²) >= 11 is 24.3. The Kier molecular flexibility index (Phi) is 27.4. The van der Waals surface area contributed by atoms with Crippen LogP contribution >= 0.6 is 61.6 Å². The quantitative estimate of drug-likeness (QED) is 0.0144. The number of imidazole rings is 4. The Morgan fingerprint density at radius 1 is 0.435 bits per heavy atom. The summed E-state index contributed by atoms with van der Waals surface area (Å²) < 4.78 is 105. The molecule has 0 amide bonds. The number of aromatic nitrogens is 16. The third-order valence-corrected chi connectivity index (χ3v) is 23.5. The fourth-order valence-electron chi connectivity index (χ4n) is 15.6. The predicted molar refractivity (Wildman–Crippen MR) is 445 cm³/mol. The van der Waals surface area contributed by atoms with Crippen LogP contribution in [0.2, 0.25) is 21.0 Å². The summed E-state index contributed by atoms with van der Waals surface area (Å²) in [5.74, 6) is -0.849. The van der Waals surface area contributed by atoms with Crippen LogP contribution in [0.15, 0.2) is 123 Å². The summed E-state index contributed by atoms with van der Waals surface area (Å²) in [5.41, 5.74) is 7.01. The molecule has 0 radical (unpaired) electrons. The summed E-state index contributed by atoms with van der Waals surface area (Å²) in [5, 5.41) is 50.4. The van der Waals surface area contributed by atoms with E-state index in [-0.39, 0.29) is 83.9 Å². The van der Waals surface area contributed by atoms with E-state index >= 15 is 0 Å². The van der Waals surface area contributed by atoms with E-state index in [4.69, 9.17) is 118 Å². The molecule has 0 bridgehead atoms. The largest absolute Gasteiger partial charge is 0.394 e. The molecular weight excluding hydrogens is 1750 g/mol. The molecule has 0 saturated carbocycles. The zero-order valence-corrected chi connectivity index (χ0v) is 73.1. The van der Waals surface area contributed by atoms with Gasteiger partial charge in [-0.05, 0) is 121 Å². The first-order valence-electron chi connectivity index (χ1n) is 39.5. The van der Waals surface area contributed by atoms with Gasteiger partial charge in [0.15, 0.2) is 104 Å². The molecular formula is C77H93Cl4N19O22P2. The number of nitrogens with zero attached hydrogens (tertiary/aromatic N) is 16. The number of ether oxygens (including phenoxy) is 12. The van der Waals surface area contributed by atoms with Gasteiger partial charge < -0.3 is 112 Å². The number of fused-ring (bicyclic) bond motifs is 7. The highest BCUT2D eigenvalue weighted by atomic mass is 35.5.